The Balaban J connectivity index is 1.52. The summed E-state index contributed by atoms with van der Waals surface area (Å²) in [4.78, 5) is 20.7. The predicted molar refractivity (Wildman–Crippen MR) is 115 cm³/mol. The molecule has 0 radical (unpaired) electrons. The summed E-state index contributed by atoms with van der Waals surface area (Å²) >= 11 is 0. The molecule has 0 aliphatic heterocycles. The van der Waals surface area contributed by atoms with E-state index in [1.165, 1.54) is 36.7 Å². The van der Waals surface area contributed by atoms with E-state index in [2.05, 4.69) is 25.1 Å². The van der Waals surface area contributed by atoms with Crippen molar-refractivity contribution in [1.29, 1.82) is 0 Å². The second kappa shape index (κ2) is 8.76. The van der Waals surface area contributed by atoms with Crippen molar-refractivity contribution in [3.05, 3.63) is 97.1 Å². The van der Waals surface area contributed by atoms with Gasteiger partial charge in [0.1, 0.15) is 0 Å². The minimum Gasteiger partial charge on any atom is -0.324 e. The summed E-state index contributed by atoms with van der Waals surface area (Å²) in [5.41, 5.74) is 1.22. The molecule has 4 aromatic rings. The lowest BCUT2D eigenvalue weighted by atomic mass is 10.1. The summed E-state index contributed by atoms with van der Waals surface area (Å²) in [7, 11) is -3.86. The Morgan fingerprint density at radius 2 is 1.58 bits per heavy atom. The first-order chi connectivity index (χ1) is 15.0. The van der Waals surface area contributed by atoms with E-state index in [-0.39, 0.29) is 16.8 Å². The number of anilines is 2. The normalized spacial score (nSPS) is 12.1. The van der Waals surface area contributed by atoms with Crippen LogP contribution in [0.2, 0.25) is 0 Å². The van der Waals surface area contributed by atoms with Crippen LogP contribution in [0.3, 0.4) is 0 Å². The first-order valence-electron chi connectivity index (χ1n) is 9.28. The highest BCUT2D eigenvalue weighted by Gasteiger charge is 2.23. The Morgan fingerprint density at radius 3 is 2.23 bits per heavy atom. The van der Waals surface area contributed by atoms with E-state index in [1.807, 2.05) is 30.3 Å². The van der Waals surface area contributed by atoms with Crippen molar-refractivity contribution in [3.8, 4) is 0 Å². The number of nitrogens with zero attached hydrogens (tertiary/aromatic N) is 4. The van der Waals surface area contributed by atoms with Crippen LogP contribution in [0.25, 0.3) is 0 Å². The molecule has 2 N–H and O–H groups in total. The number of carbonyl (C=O) groups excluding carboxylic acids is 1. The van der Waals surface area contributed by atoms with Gasteiger partial charge in [-0.25, -0.2) is 23.1 Å². The summed E-state index contributed by atoms with van der Waals surface area (Å²) in [5.74, 6) is -0.328. The lowest BCUT2D eigenvalue weighted by Crippen LogP contribution is -2.27. The van der Waals surface area contributed by atoms with E-state index >= 15 is 0 Å². The summed E-state index contributed by atoms with van der Waals surface area (Å²) in [6.07, 6.45) is 6.19. The molecule has 0 bridgehead atoms. The lowest BCUT2D eigenvalue weighted by Gasteiger charge is -2.18. The summed E-state index contributed by atoms with van der Waals surface area (Å²) < 4.78 is 28.9. The van der Waals surface area contributed by atoms with Crippen molar-refractivity contribution in [2.45, 2.75) is 10.9 Å². The Labute approximate surface area is 178 Å². The van der Waals surface area contributed by atoms with Crippen molar-refractivity contribution in [2.24, 2.45) is 0 Å². The highest BCUT2D eigenvalue weighted by Crippen LogP contribution is 2.21. The Kier molecular flexibility index (Phi) is 5.72. The highest BCUT2D eigenvalue weighted by atomic mass is 32.2. The summed E-state index contributed by atoms with van der Waals surface area (Å²) in [6.45, 7) is 0. The zero-order chi connectivity index (χ0) is 21.7. The van der Waals surface area contributed by atoms with E-state index in [9.17, 15) is 13.2 Å². The molecule has 156 valence electrons. The summed E-state index contributed by atoms with van der Waals surface area (Å²) in [5, 5.41) is 7.02. The zero-order valence-corrected chi connectivity index (χ0v) is 17.0. The standard InChI is InChI=1S/C21H18N6O3S/c28-20(19(27-15-5-14-24-27)16-6-2-1-3-7-16)25-17-8-10-18(11-9-17)31(29,30)26-21-22-12-4-13-23-21/h1-15,19H,(H,25,28)(H,22,23,26). The van der Waals surface area contributed by atoms with Crippen molar-refractivity contribution in [1.82, 2.24) is 19.7 Å². The topological polar surface area (TPSA) is 119 Å². The number of benzene rings is 2. The molecule has 0 saturated heterocycles. The lowest BCUT2D eigenvalue weighted by molar-refractivity contribution is -0.118. The van der Waals surface area contributed by atoms with Gasteiger partial charge in [-0.15, -0.1) is 0 Å². The first-order valence-corrected chi connectivity index (χ1v) is 10.8. The molecule has 4 rings (SSSR count). The number of aromatic nitrogens is 4. The number of carbonyl (C=O) groups is 1. The quantitative estimate of drug-likeness (QED) is 0.462. The average molecular weight is 434 g/mol. The van der Waals surface area contributed by atoms with Crippen LogP contribution in [0, 0.1) is 0 Å². The van der Waals surface area contributed by atoms with Crippen LogP contribution in [0.4, 0.5) is 11.6 Å². The molecule has 0 aliphatic rings. The van der Waals surface area contributed by atoms with Crippen molar-refractivity contribution in [2.75, 3.05) is 10.0 Å². The van der Waals surface area contributed by atoms with Gasteiger partial charge in [-0.1, -0.05) is 30.3 Å². The van der Waals surface area contributed by atoms with Crippen LogP contribution >= 0.6 is 0 Å². The van der Waals surface area contributed by atoms with Crippen molar-refractivity contribution >= 4 is 27.6 Å². The van der Waals surface area contributed by atoms with E-state index < -0.39 is 16.1 Å². The molecule has 2 heterocycles. The Bertz CT molecular complexity index is 1250. The van der Waals surface area contributed by atoms with Crippen molar-refractivity contribution < 1.29 is 13.2 Å². The van der Waals surface area contributed by atoms with Gasteiger partial charge in [0.25, 0.3) is 15.9 Å². The van der Waals surface area contributed by atoms with E-state index in [0.29, 0.717) is 5.69 Å². The highest BCUT2D eigenvalue weighted by molar-refractivity contribution is 7.92. The molecule has 31 heavy (non-hydrogen) atoms. The number of rotatable bonds is 7. The van der Waals surface area contributed by atoms with E-state index in [4.69, 9.17) is 0 Å². The van der Waals surface area contributed by atoms with Crippen LogP contribution in [-0.4, -0.2) is 34.1 Å². The van der Waals surface area contributed by atoms with Crippen LogP contribution in [-0.2, 0) is 14.8 Å². The predicted octanol–water partition coefficient (Wildman–Crippen LogP) is 2.70. The summed E-state index contributed by atoms with van der Waals surface area (Å²) in [6, 6.07) is 17.7. The number of nitrogens with one attached hydrogen (secondary N) is 2. The molecule has 2 aromatic heterocycles. The number of sulfonamides is 1. The smallest absolute Gasteiger partial charge is 0.264 e. The SMILES string of the molecule is O=C(Nc1ccc(S(=O)(=O)Nc2ncccn2)cc1)C(c1ccccc1)n1cccn1. The fourth-order valence-electron chi connectivity index (χ4n) is 2.95. The second-order valence-corrected chi connectivity index (χ2v) is 8.17. The minimum absolute atomic E-state index is 0.0182. The second-order valence-electron chi connectivity index (χ2n) is 6.49. The molecule has 2 aromatic carbocycles. The Hall–Kier alpha value is -4.05. The van der Waals surface area contributed by atoms with E-state index in [1.54, 1.807) is 29.2 Å². The maximum Gasteiger partial charge on any atom is 0.264 e. The van der Waals surface area contributed by atoms with Crippen LogP contribution in [0.15, 0.2) is 96.4 Å². The fourth-order valence-corrected chi connectivity index (χ4v) is 3.91. The minimum atomic E-state index is -3.86. The molecule has 0 aliphatic carbocycles. The van der Waals surface area contributed by atoms with Gasteiger partial charge in [0.2, 0.25) is 5.95 Å². The van der Waals surface area contributed by atoms with Crippen molar-refractivity contribution in [3.63, 3.8) is 0 Å². The van der Waals surface area contributed by atoms with Gasteiger partial charge in [-0.2, -0.15) is 5.10 Å². The molecule has 1 atom stereocenters. The molecule has 9 nitrogen and oxygen atoms in total. The third-order valence-electron chi connectivity index (χ3n) is 4.38. The number of hydrogen-bond acceptors (Lipinski definition) is 6. The molecule has 0 fully saturated rings. The zero-order valence-electron chi connectivity index (χ0n) is 16.2. The fraction of sp³-hybridized carbons (Fsp3) is 0.0476. The average Bonchev–Trinajstić information content (AvgIpc) is 3.30. The largest absolute Gasteiger partial charge is 0.324 e. The third-order valence-corrected chi connectivity index (χ3v) is 5.72. The molecule has 0 saturated carbocycles. The van der Waals surface area contributed by atoms with Gasteiger partial charge >= 0.3 is 0 Å². The monoisotopic (exact) mass is 434 g/mol. The van der Waals surface area contributed by atoms with Gasteiger partial charge in [0.05, 0.1) is 4.90 Å². The molecule has 10 heteroatoms. The molecular formula is C21H18N6O3S. The van der Waals surface area contributed by atoms with Gasteiger partial charge in [-0.3, -0.25) is 9.48 Å². The molecule has 1 unspecified atom stereocenters. The van der Waals surface area contributed by atoms with Gasteiger partial charge in [0, 0.05) is 30.5 Å². The van der Waals surface area contributed by atoms with Crippen LogP contribution in [0.5, 0.6) is 0 Å². The first kappa shape index (κ1) is 20.2. The van der Waals surface area contributed by atoms with Crippen LogP contribution < -0.4 is 10.0 Å². The maximum atomic E-state index is 13.0. The molecule has 0 spiro atoms. The third kappa shape index (κ3) is 4.75. The van der Waals surface area contributed by atoms with Gasteiger partial charge < -0.3 is 5.32 Å². The van der Waals surface area contributed by atoms with Gasteiger partial charge in [0.15, 0.2) is 6.04 Å². The molecule has 1 amide bonds. The van der Waals surface area contributed by atoms with Gasteiger partial charge in [-0.05, 0) is 42.0 Å². The number of hydrogen-bond donors (Lipinski definition) is 2. The Morgan fingerprint density at radius 1 is 0.871 bits per heavy atom. The van der Waals surface area contributed by atoms with E-state index in [0.717, 1.165) is 5.56 Å². The number of amides is 1. The van der Waals surface area contributed by atoms with Crippen LogP contribution in [0.1, 0.15) is 11.6 Å². The maximum absolute atomic E-state index is 13.0. The molecular weight excluding hydrogens is 416 g/mol.